The number of rotatable bonds is 4. The number of carbonyl (C=O) groups excluding carboxylic acids is 1. The van der Waals surface area contributed by atoms with Gasteiger partial charge in [-0.2, -0.15) is 4.98 Å². The van der Waals surface area contributed by atoms with Gasteiger partial charge in [0.2, 0.25) is 5.88 Å². The summed E-state index contributed by atoms with van der Waals surface area (Å²) in [5, 5.41) is 11.1. The van der Waals surface area contributed by atoms with E-state index in [0.29, 0.717) is 35.1 Å². The summed E-state index contributed by atoms with van der Waals surface area (Å²) >= 11 is 0. The highest BCUT2D eigenvalue weighted by Crippen LogP contribution is 2.49. The van der Waals surface area contributed by atoms with Crippen molar-refractivity contribution in [2.45, 2.75) is 24.4 Å². The molecule has 1 saturated carbocycles. The van der Waals surface area contributed by atoms with Gasteiger partial charge in [-0.1, -0.05) is 60.7 Å². The molecule has 1 heterocycles. The van der Waals surface area contributed by atoms with Crippen LogP contribution >= 0.6 is 0 Å². The first-order chi connectivity index (χ1) is 14.7. The van der Waals surface area contributed by atoms with Gasteiger partial charge in [-0.15, -0.1) is 0 Å². The second-order valence-corrected chi connectivity index (χ2v) is 7.64. The third-order valence-electron chi connectivity index (χ3n) is 5.77. The Bertz CT molecular complexity index is 1200. The number of para-hydroxylation sites is 1. The third-order valence-corrected chi connectivity index (χ3v) is 5.77. The van der Waals surface area contributed by atoms with Crippen molar-refractivity contribution < 1.29 is 14.6 Å². The van der Waals surface area contributed by atoms with Crippen molar-refractivity contribution in [1.29, 1.82) is 0 Å². The van der Waals surface area contributed by atoms with Gasteiger partial charge >= 0.3 is 5.97 Å². The lowest BCUT2D eigenvalue weighted by molar-refractivity contribution is -0.0153. The number of fused-ring (bicyclic) bond motifs is 1. The molecule has 0 unspecified atom stereocenters. The number of carbonyl (C=O) groups is 1. The lowest BCUT2D eigenvalue weighted by atomic mass is 9.62. The van der Waals surface area contributed by atoms with Crippen LogP contribution < -0.4 is 0 Å². The summed E-state index contributed by atoms with van der Waals surface area (Å²) in [4.78, 5) is 21.7. The molecule has 5 rings (SSSR count). The Labute approximate surface area is 174 Å². The molecule has 5 heteroatoms. The average molecular weight is 396 g/mol. The zero-order valence-corrected chi connectivity index (χ0v) is 16.2. The van der Waals surface area contributed by atoms with Gasteiger partial charge in [0, 0.05) is 12.8 Å². The number of aromatic hydroxyl groups is 1. The Morgan fingerprint density at radius 2 is 1.50 bits per heavy atom. The molecule has 1 aliphatic carbocycles. The van der Waals surface area contributed by atoms with Crippen LogP contribution in [0.4, 0.5) is 0 Å². The molecule has 0 atom stereocenters. The first-order valence-electron chi connectivity index (χ1n) is 9.93. The van der Waals surface area contributed by atoms with Crippen LogP contribution in [0.15, 0.2) is 84.9 Å². The fourth-order valence-electron chi connectivity index (χ4n) is 4.17. The van der Waals surface area contributed by atoms with E-state index in [1.807, 2.05) is 66.7 Å². The van der Waals surface area contributed by atoms with E-state index in [2.05, 4.69) is 4.98 Å². The van der Waals surface area contributed by atoms with Gasteiger partial charge in [0.25, 0.3) is 0 Å². The molecule has 1 aromatic heterocycles. The molecule has 3 aromatic carbocycles. The minimum absolute atomic E-state index is 0.0318. The standard InChI is InChI=1S/C25H20N2O3/c28-22-20-13-7-8-14-21(20)26-24(27-22)25(18-11-5-2-6-12-18)15-19(16-25)30-23(29)17-9-3-1-4-10-17/h1-14,19H,15-16H2,(H,26,27,28)/t19-,25-. The number of nitrogens with zero attached hydrogens (tertiary/aromatic N) is 2. The predicted molar refractivity (Wildman–Crippen MR) is 113 cm³/mol. The minimum atomic E-state index is -0.510. The van der Waals surface area contributed by atoms with Crippen LogP contribution in [0.1, 0.15) is 34.6 Å². The maximum atomic E-state index is 12.5. The molecule has 0 radical (unpaired) electrons. The van der Waals surface area contributed by atoms with Gasteiger partial charge in [-0.05, 0) is 29.8 Å². The Hall–Kier alpha value is -3.73. The van der Waals surface area contributed by atoms with Crippen LogP contribution in [0.2, 0.25) is 0 Å². The summed E-state index contributed by atoms with van der Waals surface area (Å²) in [7, 11) is 0. The lowest BCUT2D eigenvalue weighted by Crippen LogP contribution is -2.48. The van der Waals surface area contributed by atoms with Crippen molar-refractivity contribution in [2.75, 3.05) is 0 Å². The molecule has 30 heavy (non-hydrogen) atoms. The van der Waals surface area contributed by atoms with Crippen molar-refractivity contribution in [3.05, 3.63) is 102 Å². The summed E-state index contributed by atoms with van der Waals surface area (Å²) < 4.78 is 5.73. The number of aromatic nitrogens is 2. The van der Waals surface area contributed by atoms with Crippen LogP contribution in [0.25, 0.3) is 10.9 Å². The van der Waals surface area contributed by atoms with E-state index >= 15 is 0 Å². The highest BCUT2D eigenvalue weighted by Gasteiger charge is 2.51. The summed E-state index contributed by atoms with van der Waals surface area (Å²) in [6.45, 7) is 0. The van der Waals surface area contributed by atoms with Gasteiger partial charge in [-0.25, -0.2) is 9.78 Å². The summed E-state index contributed by atoms with van der Waals surface area (Å²) in [5.74, 6) is 0.192. The lowest BCUT2D eigenvalue weighted by Gasteiger charge is -2.46. The van der Waals surface area contributed by atoms with Crippen molar-refractivity contribution in [1.82, 2.24) is 9.97 Å². The first-order valence-corrected chi connectivity index (χ1v) is 9.93. The molecule has 1 fully saturated rings. The van der Waals surface area contributed by atoms with E-state index < -0.39 is 5.41 Å². The largest absolute Gasteiger partial charge is 0.493 e. The zero-order valence-electron chi connectivity index (χ0n) is 16.2. The van der Waals surface area contributed by atoms with E-state index in [-0.39, 0.29) is 18.0 Å². The highest BCUT2D eigenvalue weighted by atomic mass is 16.5. The fourth-order valence-corrected chi connectivity index (χ4v) is 4.17. The quantitative estimate of drug-likeness (QED) is 0.509. The molecule has 1 aliphatic rings. The summed E-state index contributed by atoms with van der Waals surface area (Å²) in [6, 6.07) is 26.4. The molecule has 148 valence electrons. The van der Waals surface area contributed by atoms with Crippen LogP contribution in [0.5, 0.6) is 5.88 Å². The molecular weight excluding hydrogens is 376 g/mol. The van der Waals surface area contributed by atoms with Crippen molar-refractivity contribution in [2.24, 2.45) is 0 Å². The molecular formula is C25H20N2O3. The molecule has 5 nitrogen and oxygen atoms in total. The van der Waals surface area contributed by atoms with Gasteiger partial charge in [0.15, 0.2) is 0 Å². The minimum Gasteiger partial charge on any atom is -0.493 e. The van der Waals surface area contributed by atoms with Crippen LogP contribution in [-0.4, -0.2) is 27.1 Å². The Kier molecular flexibility index (Phi) is 4.43. The average Bonchev–Trinajstić information content (AvgIpc) is 2.77. The number of hydrogen-bond acceptors (Lipinski definition) is 5. The van der Waals surface area contributed by atoms with E-state index in [4.69, 9.17) is 9.72 Å². The Morgan fingerprint density at radius 1 is 0.867 bits per heavy atom. The molecule has 0 amide bonds. The number of hydrogen-bond donors (Lipinski definition) is 1. The maximum absolute atomic E-state index is 12.5. The van der Waals surface area contributed by atoms with Crippen molar-refractivity contribution in [3.8, 4) is 5.88 Å². The predicted octanol–water partition coefficient (Wildman–Crippen LogP) is 4.64. The second-order valence-electron chi connectivity index (χ2n) is 7.64. The molecule has 4 aromatic rings. The van der Waals surface area contributed by atoms with Gasteiger partial charge in [-0.3, -0.25) is 0 Å². The van der Waals surface area contributed by atoms with Crippen LogP contribution in [0.3, 0.4) is 0 Å². The maximum Gasteiger partial charge on any atom is 0.338 e. The Balaban J connectivity index is 1.48. The number of ether oxygens (including phenoxy) is 1. The molecule has 0 bridgehead atoms. The normalized spacial score (nSPS) is 20.5. The van der Waals surface area contributed by atoms with E-state index in [9.17, 15) is 9.90 Å². The SMILES string of the molecule is O=C(O[C@H]1C[C@](c2ccccc2)(c2nc(O)c3ccccc3n2)C1)c1ccccc1. The zero-order chi connectivity index (χ0) is 20.6. The smallest absolute Gasteiger partial charge is 0.338 e. The number of esters is 1. The highest BCUT2D eigenvalue weighted by molar-refractivity contribution is 5.89. The van der Waals surface area contributed by atoms with Crippen molar-refractivity contribution in [3.63, 3.8) is 0 Å². The summed E-state index contributed by atoms with van der Waals surface area (Å²) in [6.07, 6.45) is 0.885. The Morgan fingerprint density at radius 3 is 2.23 bits per heavy atom. The van der Waals surface area contributed by atoms with E-state index in [1.165, 1.54) is 0 Å². The topological polar surface area (TPSA) is 72.3 Å². The van der Waals surface area contributed by atoms with Gasteiger partial charge in [0.05, 0.1) is 21.9 Å². The second kappa shape index (κ2) is 7.26. The van der Waals surface area contributed by atoms with Gasteiger partial charge < -0.3 is 9.84 Å². The van der Waals surface area contributed by atoms with E-state index in [0.717, 1.165) is 5.56 Å². The fraction of sp³-hybridized carbons (Fsp3) is 0.160. The monoisotopic (exact) mass is 396 g/mol. The van der Waals surface area contributed by atoms with Crippen LogP contribution in [0, 0.1) is 0 Å². The molecule has 0 aliphatic heterocycles. The van der Waals surface area contributed by atoms with Crippen molar-refractivity contribution >= 4 is 16.9 Å². The van der Waals surface area contributed by atoms with Gasteiger partial charge in [0.1, 0.15) is 11.9 Å². The molecule has 0 spiro atoms. The molecule has 1 N–H and O–H groups in total. The first kappa shape index (κ1) is 18.3. The van der Waals surface area contributed by atoms with Crippen LogP contribution in [-0.2, 0) is 10.2 Å². The summed E-state index contributed by atoms with van der Waals surface area (Å²) in [5.41, 5.74) is 1.77. The number of benzene rings is 3. The third kappa shape index (κ3) is 3.08. The molecule has 0 saturated heterocycles. The van der Waals surface area contributed by atoms with E-state index in [1.54, 1.807) is 18.2 Å².